The molecular formula is C25H30F3N7O3S. The number of carbonyl (C=O) groups is 2. The fourth-order valence-corrected chi connectivity index (χ4v) is 4.94. The number of rotatable bonds is 8. The molecule has 2 amide bonds. The van der Waals surface area contributed by atoms with Crippen LogP contribution in [0.25, 0.3) is 11.8 Å². The highest BCUT2D eigenvalue weighted by Crippen LogP contribution is 2.19. The predicted molar refractivity (Wildman–Crippen MR) is 143 cm³/mol. The van der Waals surface area contributed by atoms with Crippen LogP contribution in [0.2, 0.25) is 0 Å². The molecule has 39 heavy (non-hydrogen) atoms. The quantitative estimate of drug-likeness (QED) is 0.475. The second kappa shape index (κ2) is 12.9. The van der Waals surface area contributed by atoms with Crippen LogP contribution in [0.3, 0.4) is 0 Å². The van der Waals surface area contributed by atoms with Crippen LogP contribution < -0.4 is 30.3 Å². The van der Waals surface area contributed by atoms with Gasteiger partial charge in [0.25, 0.3) is 11.5 Å². The number of amides is 2. The molecule has 1 aliphatic heterocycles. The molecule has 2 heterocycles. The monoisotopic (exact) mass is 565 g/mol. The number of hydrogen-bond acceptors (Lipinski definition) is 8. The van der Waals surface area contributed by atoms with Gasteiger partial charge in [0.1, 0.15) is 21.8 Å². The molecule has 2 N–H and O–H groups in total. The highest BCUT2D eigenvalue weighted by Gasteiger charge is 2.29. The third kappa shape index (κ3) is 7.92. The third-order valence-electron chi connectivity index (χ3n) is 6.16. The van der Waals surface area contributed by atoms with Crippen molar-refractivity contribution in [1.82, 2.24) is 19.7 Å². The zero-order chi connectivity index (χ0) is 28.7. The number of hydrogen-bond donors (Lipinski definition) is 2. The second-order valence-electron chi connectivity index (χ2n) is 8.98. The van der Waals surface area contributed by atoms with E-state index in [0.717, 1.165) is 42.1 Å². The molecule has 0 radical (unpaired) electrons. The first-order valence-electron chi connectivity index (χ1n) is 12.2. The number of alkyl halides is 3. The van der Waals surface area contributed by atoms with E-state index in [4.69, 9.17) is 0 Å². The highest BCUT2D eigenvalue weighted by molar-refractivity contribution is 7.07. The lowest BCUT2D eigenvalue weighted by Crippen LogP contribution is -2.48. The Morgan fingerprint density at radius 3 is 2.54 bits per heavy atom. The molecule has 1 aliphatic rings. The Kier molecular flexibility index (Phi) is 9.90. The maximum Gasteiger partial charge on any atom is 0.405 e. The van der Waals surface area contributed by atoms with E-state index in [1.807, 2.05) is 7.05 Å². The number of thiazole rings is 1. The van der Waals surface area contributed by atoms with Crippen LogP contribution in [0.1, 0.15) is 6.92 Å². The molecule has 1 fully saturated rings. The van der Waals surface area contributed by atoms with Crippen molar-refractivity contribution in [2.45, 2.75) is 19.6 Å². The molecule has 0 saturated carbocycles. The molecule has 14 heteroatoms. The number of nitriles is 1. The Hall–Kier alpha value is -3.67. The number of likely N-dealkylation sites (N-methyl/N-ethyl adjacent to an activating group) is 2. The first-order valence-corrected chi connectivity index (χ1v) is 13.0. The summed E-state index contributed by atoms with van der Waals surface area (Å²) in [4.78, 5) is 43.8. The molecule has 1 saturated heterocycles. The smallest absolute Gasteiger partial charge is 0.360 e. The number of halogens is 3. The number of nitrogens with one attached hydrogen (secondary N) is 2. The van der Waals surface area contributed by atoms with E-state index in [1.165, 1.54) is 6.20 Å². The lowest BCUT2D eigenvalue weighted by Gasteiger charge is -2.32. The standard InChI is InChI=1S/C25H30F3N7O3S/c1-4-35-23(38)20(39-24(35)19(13-29)22(37)31-16-25(26,27)28)14-30-17-6-5-7-18(12-17)33(3)21(36)15-34-10-8-32(2)9-11-34/h5-7,12,14,30H,4,8-11,15-16H2,1-3H3,(H,31,37). The lowest BCUT2D eigenvalue weighted by molar-refractivity contribution is -0.135. The topological polar surface area (TPSA) is 114 Å². The molecular weight excluding hydrogens is 535 g/mol. The molecule has 0 aliphatic carbocycles. The Balaban J connectivity index is 1.82. The van der Waals surface area contributed by atoms with Crippen LogP contribution in [0.4, 0.5) is 24.5 Å². The van der Waals surface area contributed by atoms with Crippen LogP contribution in [-0.2, 0) is 16.1 Å². The maximum atomic E-state index is 12.9. The largest absolute Gasteiger partial charge is 0.405 e. The van der Waals surface area contributed by atoms with Crippen molar-refractivity contribution in [2.24, 2.45) is 0 Å². The van der Waals surface area contributed by atoms with Gasteiger partial charge < -0.3 is 20.4 Å². The second-order valence-corrected chi connectivity index (χ2v) is 10.0. The Labute approximate surface area is 227 Å². The Bertz CT molecular complexity index is 1420. The average molecular weight is 566 g/mol. The number of anilines is 2. The van der Waals surface area contributed by atoms with E-state index >= 15 is 0 Å². The van der Waals surface area contributed by atoms with Crippen LogP contribution in [-0.4, -0.2) is 85.7 Å². The summed E-state index contributed by atoms with van der Waals surface area (Å²) in [7, 11) is 3.74. The zero-order valence-corrected chi connectivity index (χ0v) is 22.7. The van der Waals surface area contributed by atoms with E-state index in [1.54, 1.807) is 54.5 Å². The molecule has 0 unspecified atom stereocenters. The first kappa shape index (κ1) is 29.9. The van der Waals surface area contributed by atoms with Gasteiger partial charge in [0, 0.05) is 57.3 Å². The number of benzene rings is 1. The summed E-state index contributed by atoms with van der Waals surface area (Å²) in [6.45, 7) is 3.88. The molecule has 10 nitrogen and oxygen atoms in total. The van der Waals surface area contributed by atoms with Crippen LogP contribution >= 0.6 is 11.3 Å². The molecule has 3 rings (SSSR count). The Morgan fingerprint density at radius 1 is 1.23 bits per heavy atom. The van der Waals surface area contributed by atoms with Crippen molar-refractivity contribution in [3.05, 3.63) is 43.8 Å². The summed E-state index contributed by atoms with van der Waals surface area (Å²) in [5.41, 5.74) is 0.144. The van der Waals surface area contributed by atoms with Gasteiger partial charge in [-0.05, 0) is 32.2 Å². The van der Waals surface area contributed by atoms with E-state index in [-0.39, 0.29) is 21.6 Å². The minimum atomic E-state index is -4.64. The van der Waals surface area contributed by atoms with E-state index in [9.17, 15) is 32.8 Å². The van der Waals surface area contributed by atoms with Gasteiger partial charge in [-0.25, -0.2) is 0 Å². The maximum absolute atomic E-state index is 12.9. The summed E-state index contributed by atoms with van der Waals surface area (Å²) >= 11 is 0.817. The lowest BCUT2D eigenvalue weighted by atomic mass is 10.2. The summed E-state index contributed by atoms with van der Waals surface area (Å²) < 4.78 is 38.8. The van der Waals surface area contributed by atoms with E-state index in [2.05, 4.69) is 15.1 Å². The predicted octanol–water partition coefficient (Wildman–Crippen LogP) is 0.343. The molecule has 1 aromatic carbocycles. The van der Waals surface area contributed by atoms with E-state index in [0.29, 0.717) is 17.9 Å². The zero-order valence-electron chi connectivity index (χ0n) is 21.8. The number of piperazine rings is 1. The first-order chi connectivity index (χ1) is 18.4. The van der Waals surface area contributed by atoms with Crippen LogP contribution in [0.15, 0.2) is 29.1 Å². The molecule has 210 valence electrons. The number of carbonyl (C=O) groups excluding carboxylic acids is 2. The van der Waals surface area contributed by atoms with Gasteiger partial charge in [0.2, 0.25) is 5.91 Å². The number of nitrogens with zero attached hydrogens (tertiary/aromatic N) is 5. The molecule has 0 atom stereocenters. The van der Waals surface area contributed by atoms with Crippen molar-refractivity contribution in [2.75, 3.05) is 63.6 Å². The van der Waals surface area contributed by atoms with Gasteiger partial charge in [0.05, 0.1) is 6.54 Å². The average Bonchev–Trinajstić information content (AvgIpc) is 3.21. The van der Waals surface area contributed by atoms with Gasteiger partial charge in [-0.15, -0.1) is 11.3 Å². The fourth-order valence-electron chi connectivity index (χ4n) is 3.86. The van der Waals surface area contributed by atoms with Crippen molar-refractivity contribution in [3.63, 3.8) is 0 Å². The number of aromatic nitrogens is 1. The Morgan fingerprint density at radius 2 is 1.92 bits per heavy atom. The molecule has 1 aromatic heterocycles. The highest BCUT2D eigenvalue weighted by atomic mass is 32.1. The molecule has 0 bridgehead atoms. The summed E-state index contributed by atoms with van der Waals surface area (Å²) in [6.07, 6.45) is -3.24. The van der Waals surface area contributed by atoms with Gasteiger partial charge in [-0.3, -0.25) is 23.9 Å². The summed E-state index contributed by atoms with van der Waals surface area (Å²) in [5, 5.41) is 14.1. The van der Waals surface area contributed by atoms with Crippen molar-refractivity contribution < 1.29 is 22.8 Å². The summed E-state index contributed by atoms with van der Waals surface area (Å²) in [5.74, 6) is -1.27. The van der Waals surface area contributed by atoms with Gasteiger partial charge in [0.15, 0.2) is 5.57 Å². The fraction of sp³-hybridized carbons (Fsp3) is 0.440. The normalized spacial score (nSPS) is 16.0. The van der Waals surface area contributed by atoms with Gasteiger partial charge in [-0.1, -0.05) is 6.07 Å². The molecule has 0 spiro atoms. The van der Waals surface area contributed by atoms with E-state index < -0.39 is 29.8 Å². The van der Waals surface area contributed by atoms with Crippen LogP contribution in [0, 0.1) is 11.3 Å². The third-order valence-corrected chi connectivity index (χ3v) is 7.29. The minimum Gasteiger partial charge on any atom is -0.360 e. The minimum absolute atomic E-state index is 0.0410. The van der Waals surface area contributed by atoms with Crippen molar-refractivity contribution in [1.29, 1.82) is 5.26 Å². The van der Waals surface area contributed by atoms with Crippen LogP contribution in [0.5, 0.6) is 0 Å². The summed E-state index contributed by atoms with van der Waals surface area (Å²) in [6, 6.07) is 8.63. The SMILES string of the molecule is CCn1c(=C(C#N)C(=O)NCC(F)(F)F)sc(=CNc2cccc(N(C)C(=O)CN3CCN(C)CC3)c2)c1=O. The van der Waals surface area contributed by atoms with Gasteiger partial charge in [-0.2, -0.15) is 18.4 Å². The van der Waals surface area contributed by atoms with Gasteiger partial charge >= 0.3 is 6.18 Å². The molecule has 2 aromatic rings. The van der Waals surface area contributed by atoms with Crippen molar-refractivity contribution in [3.8, 4) is 6.07 Å². The van der Waals surface area contributed by atoms with Crippen molar-refractivity contribution >= 4 is 46.3 Å².